The molecule has 8 N–H and O–H groups in total. The number of rotatable bonds is 13. The van der Waals surface area contributed by atoms with Crippen molar-refractivity contribution in [3.05, 3.63) is 0 Å². The average molecular weight is 696 g/mol. The monoisotopic (exact) mass is 695 g/mol. The molecule has 10 atom stereocenters. The van der Waals surface area contributed by atoms with E-state index in [0.717, 1.165) is 57.8 Å². The maximum atomic E-state index is 12.6. The van der Waals surface area contributed by atoms with Gasteiger partial charge in [0, 0.05) is 13.0 Å². The van der Waals surface area contributed by atoms with Gasteiger partial charge in [0.15, 0.2) is 0 Å². The lowest BCUT2D eigenvalue weighted by atomic mass is 9.43. The molecule has 0 bridgehead atoms. The second-order valence-corrected chi connectivity index (χ2v) is 19.8. The van der Waals surface area contributed by atoms with Crippen LogP contribution in [0.3, 0.4) is 0 Å². The second kappa shape index (κ2) is 14.0. The number of aliphatic hydroxyl groups is 3. The van der Waals surface area contributed by atoms with E-state index in [9.17, 15) is 48.8 Å². The molecule has 0 radical (unpaired) electrons. The number of carbonyl (C=O) groups excluding carboxylic acids is 1. The third-order valence-corrected chi connectivity index (χ3v) is 17.0. The van der Waals surface area contributed by atoms with Crippen molar-refractivity contribution in [2.45, 2.75) is 147 Å². The zero-order chi connectivity index (χ0) is 34.3. The average Bonchev–Trinajstić information content (AvgIpc) is 3.31. The summed E-state index contributed by atoms with van der Waals surface area (Å²) in [5.41, 5.74) is -0.709. The Balaban J connectivity index is 1.33. The Labute approximate surface area is 273 Å². The van der Waals surface area contributed by atoms with E-state index in [1.165, 1.54) is 12.8 Å². The molecular weight excluding hydrogens is 636 g/mol. The smallest absolute Gasteiger partial charge is 0.407 e. The summed E-state index contributed by atoms with van der Waals surface area (Å²) in [6.45, 7) is 8.74. The lowest BCUT2D eigenvalue weighted by molar-refractivity contribution is -0.179. The molecule has 4 aliphatic carbocycles. The van der Waals surface area contributed by atoms with Crippen molar-refractivity contribution in [2.75, 3.05) is 6.54 Å². The Bertz CT molecular complexity index is 1150. The molecule has 4 fully saturated rings. The van der Waals surface area contributed by atoms with Gasteiger partial charge in [0.2, 0.25) is 0 Å². The molecule has 12 nitrogen and oxygen atoms in total. The van der Waals surface area contributed by atoms with Crippen molar-refractivity contribution in [1.82, 2.24) is 5.32 Å². The Kier molecular flexibility index (Phi) is 11.6. The molecule has 0 aromatic heterocycles. The normalized spacial score (nSPS) is 37.8. The minimum Gasteiger partial charge on any atom is -0.446 e. The largest absolute Gasteiger partial charge is 0.446 e. The Morgan fingerprint density at radius 2 is 1.48 bits per heavy atom. The number of aliphatic hydroxyl groups excluding tert-OH is 1. The predicted octanol–water partition coefficient (Wildman–Crippen LogP) is 5.21. The topological polar surface area (TPSA) is 214 Å². The van der Waals surface area contributed by atoms with E-state index in [2.05, 4.69) is 33.0 Å². The van der Waals surface area contributed by atoms with Crippen LogP contribution in [-0.2, 0) is 13.9 Å². The van der Waals surface area contributed by atoms with Crippen LogP contribution in [0, 0.1) is 40.4 Å². The maximum absolute atomic E-state index is 12.6. The van der Waals surface area contributed by atoms with Crippen LogP contribution >= 0.6 is 15.2 Å². The highest BCUT2D eigenvalue weighted by atomic mass is 31.2. The van der Waals surface area contributed by atoms with Crippen molar-refractivity contribution in [3.8, 4) is 0 Å². The summed E-state index contributed by atoms with van der Waals surface area (Å²) in [6.07, 6.45) is 9.49. The SMILES string of the molecule is CCCCCCC(C)(O)[C@H]1CC[C@H]2[C@@H]3C[C@H](O)[C@H]4C[C@@H](OC(=O)NCCCC(O)(P(=O)(O)O)P(=O)(O)O)CC[C@]4(C)[C@H]3CC[C@]12C. The molecule has 46 heavy (non-hydrogen) atoms. The van der Waals surface area contributed by atoms with Gasteiger partial charge in [-0.25, -0.2) is 4.79 Å². The molecule has 1 amide bonds. The highest BCUT2D eigenvalue weighted by molar-refractivity contribution is 7.72. The van der Waals surface area contributed by atoms with Crippen molar-refractivity contribution < 1.29 is 53.6 Å². The second-order valence-electron chi connectivity index (χ2n) is 15.8. The summed E-state index contributed by atoms with van der Waals surface area (Å²) in [7, 11) is -11.1. The Hall–Kier alpha value is -0.550. The van der Waals surface area contributed by atoms with Crippen LogP contribution < -0.4 is 5.32 Å². The van der Waals surface area contributed by atoms with Crippen LogP contribution in [0.15, 0.2) is 0 Å². The zero-order valence-corrected chi connectivity index (χ0v) is 29.8. The number of hydrogen-bond acceptors (Lipinski definition) is 7. The molecule has 4 aliphatic rings. The lowest BCUT2D eigenvalue weighted by Crippen LogP contribution is -2.59. The van der Waals surface area contributed by atoms with Crippen molar-refractivity contribution in [2.24, 2.45) is 40.4 Å². The minimum absolute atomic E-state index is 0.0231. The van der Waals surface area contributed by atoms with Gasteiger partial charge in [0.1, 0.15) is 6.10 Å². The quantitative estimate of drug-likeness (QED) is 0.0924. The number of alkyl carbamates (subject to hydrolysis) is 1. The van der Waals surface area contributed by atoms with Crippen molar-refractivity contribution >= 4 is 21.3 Å². The molecule has 268 valence electrons. The number of nitrogens with one attached hydrogen (secondary N) is 1. The summed E-state index contributed by atoms with van der Waals surface area (Å²) < 4.78 is 28.7. The highest BCUT2D eigenvalue weighted by Crippen LogP contribution is 2.70. The van der Waals surface area contributed by atoms with E-state index in [1.54, 1.807) is 0 Å². The van der Waals surface area contributed by atoms with Crippen molar-refractivity contribution in [3.63, 3.8) is 0 Å². The summed E-state index contributed by atoms with van der Waals surface area (Å²) in [5.74, 6) is 1.57. The summed E-state index contributed by atoms with van der Waals surface area (Å²) in [6, 6.07) is 0. The van der Waals surface area contributed by atoms with Gasteiger partial charge in [-0.15, -0.1) is 0 Å². The fourth-order valence-electron chi connectivity index (χ4n) is 10.6. The number of amides is 1. The number of fused-ring (bicyclic) bond motifs is 5. The number of unbranched alkanes of at least 4 members (excludes halogenated alkanes) is 3. The van der Waals surface area contributed by atoms with Crippen LogP contribution in [0.2, 0.25) is 0 Å². The van der Waals surface area contributed by atoms with Gasteiger partial charge in [-0.2, -0.15) is 0 Å². The van der Waals surface area contributed by atoms with Crippen LogP contribution in [0.25, 0.3) is 0 Å². The van der Waals surface area contributed by atoms with E-state index < -0.39 is 50.6 Å². The molecule has 14 heteroatoms. The number of carbonyl (C=O) groups is 1. The predicted molar refractivity (Wildman–Crippen MR) is 173 cm³/mol. The zero-order valence-electron chi connectivity index (χ0n) is 28.0. The Morgan fingerprint density at radius 3 is 2.11 bits per heavy atom. The first-order chi connectivity index (χ1) is 21.2. The molecule has 0 spiro atoms. The van der Waals surface area contributed by atoms with E-state index >= 15 is 0 Å². The van der Waals surface area contributed by atoms with Crippen LogP contribution in [-0.4, -0.2) is 70.4 Å². The molecule has 0 aromatic rings. The summed E-state index contributed by atoms with van der Waals surface area (Å²) >= 11 is 0. The van der Waals surface area contributed by atoms with Crippen molar-refractivity contribution in [1.29, 1.82) is 0 Å². The molecule has 4 saturated carbocycles. The number of hydrogen-bond donors (Lipinski definition) is 8. The van der Waals surface area contributed by atoms with Gasteiger partial charge in [-0.3, -0.25) is 9.13 Å². The summed E-state index contributed by atoms with van der Waals surface area (Å²) in [4.78, 5) is 49.7. The fraction of sp³-hybridized carbons (Fsp3) is 0.969. The fourth-order valence-corrected chi connectivity index (χ4v) is 12.9. The van der Waals surface area contributed by atoms with E-state index in [1.807, 2.05) is 0 Å². The molecule has 0 aliphatic heterocycles. The maximum Gasteiger partial charge on any atom is 0.407 e. The minimum atomic E-state index is -5.55. The van der Waals surface area contributed by atoms with Crippen LogP contribution in [0.5, 0.6) is 0 Å². The highest BCUT2D eigenvalue weighted by Gasteiger charge is 2.64. The van der Waals surface area contributed by atoms with Gasteiger partial charge in [-0.05, 0) is 112 Å². The molecule has 0 saturated heterocycles. The van der Waals surface area contributed by atoms with Gasteiger partial charge < -0.3 is 44.9 Å². The van der Waals surface area contributed by atoms with E-state index in [0.29, 0.717) is 30.6 Å². The standard InChI is InChI=1S/C32H59NO11P2/c1-5-6-7-8-14-31(4,36)27-11-10-23-22-20-26(34)25-19-21(12-16-29(25,2)24(22)13-17-30(23,27)3)44-28(35)33-18-9-15-32(37,45(38,39)40)46(41,42)43/h21-27,34,36-37H,5-20H2,1-4H3,(H,33,35)(H2,38,39,40)(H2,41,42,43)/t21-,22-,23-,24-,25+,26-,27-,29+,30-,31?/m0/s1. The van der Waals surface area contributed by atoms with Gasteiger partial charge in [-0.1, -0.05) is 46.5 Å². The van der Waals surface area contributed by atoms with Crippen LogP contribution in [0.4, 0.5) is 4.79 Å². The van der Waals surface area contributed by atoms with Gasteiger partial charge in [0.25, 0.3) is 5.08 Å². The molecule has 4 rings (SSSR count). The molecule has 0 heterocycles. The van der Waals surface area contributed by atoms with E-state index in [4.69, 9.17) is 4.74 Å². The van der Waals surface area contributed by atoms with Gasteiger partial charge >= 0.3 is 21.3 Å². The molecular formula is C32H59NO11P2. The van der Waals surface area contributed by atoms with Crippen LogP contribution in [0.1, 0.15) is 124 Å². The Morgan fingerprint density at radius 1 is 0.848 bits per heavy atom. The summed E-state index contributed by atoms with van der Waals surface area (Å²) in [5, 5.41) is 32.2. The third-order valence-electron chi connectivity index (χ3n) is 13.1. The first kappa shape index (κ1) is 38.3. The van der Waals surface area contributed by atoms with E-state index in [-0.39, 0.29) is 35.6 Å². The lowest BCUT2D eigenvalue weighted by Gasteiger charge is -2.62. The first-order valence-corrected chi connectivity index (χ1v) is 20.6. The molecule has 1 unspecified atom stereocenters. The first-order valence-electron chi connectivity index (χ1n) is 17.4. The molecule has 0 aromatic carbocycles. The van der Waals surface area contributed by atoms with Gasteiger partial charge in [0.05, 0.1) is 11.7 Å². The number of ether oxygens (including phenoxy) is 1. The third kappa shape index (κ3) is 7.32.